The molecule has 5 rings (SSSR count). The SMILES string of the molecule is Cc1cccc(COc2ccccc2/C=C2\SC(=S)N(c3cccc4ccccc34)C2=O)c1. The molecule has 1 aliphatic heterocycles. The zero-order chi connectivity index (χ0) is 22.8. The largest absolute Gasteiger partial charge is 0.488 e. The third kappa shape index (κ3) is 4.42. The van der Waals surface area contributed by atoms with Crippen LogP contribution in [0.4, 0.5) is 5.69 Å². The highest BCUT2D eigenvalue weighted by Crippen LogP contribution is 2.39. The van der Waals surface area contributed by atoms with Crippen LogP contribution in [0.2, 0.25) is 0 Å². The van der Waals surface area contributed by atoms with Crippen molar-refractivity contribution in [1.82, 2.24) is 0 Å². The Bertz CT molecular complexity index is 1400. The molecule has 162 valence electrons. The number of fused-ring (bicyclic) bond motifs is 1. The highest BCUT2D eigenvalue weighted by molar-refractivity contribution is 8.27. The zero-order valence-electron chi connectivity index (χ0n) is 18.0. The number of carbonyl (C=O) groups is 1. The van der Waals surface area contributed by atoms with E-state index in [0.717, 1.165) is 33.3 Å². The number of anilines is 1. The number of aryl methyl sites for hydroxylation is 1. The van der Waals surface area contributed by atoms with Gasteiger partial charge in [-0.25, -0.2) is 0 Å². The standard InChI is InChI=1S/C28H21NO2S2/c1-19-8-6-9-20(16-19)18-31-25-15-5-3-11-22(25)17-26-27(30)29(28(32)33-26)24-14-7-12-21-10-2-4-13-23(21)24/h2-17H,18H2,1H3/b26-17-. The molecule has 1 saturated heterocycles. The first-order chi connectivity index (χ1) is 16.1. The fourth-order valence-electron chi connectivity index (χ4n) is 3.91. The van der Waals surface area contributed by atoms with Crippen molar-refractivity contribution in [1.29, 1.82) is 0 Å². The molecule has 0 saturated carbocycles. The summed E-state index contributed by atoms with van der Waals surface area (Å²) in [7, 11) is 0. The number of benzene rings is 4. The second-order valence-corrected chi connectivity index (χ2v) is 9.51. The smallest absolute Gasteiger partial charge is 0.270 e. The molecule has 5 heteroatoms. The molecule has 1 aliphatic rings. The molecule has 0 aliphatic carbocycles. The van der Waals surface area contributed by atoms with E-state index in [-0.39, 0.29) is 5.91 Å². The molecule has 1 heterocycles. The van der Waals surface area contributed by atoms with Gasteiger partial charge in [-0.3, -0.25) is 9.69 Å². The molecule has 0 atom stereocenters. The van der Waals surface area contributed by atoms with Crippen LogP contribution in [0.25, 0.3) is 16.8 Å². The molecular formula is C28H21NO2S2. The number of carbonyl (C=O) groups excluding carboxylic acids is 1. The molecule has 3 nitrogen and oxygen atoms in total. The number of rotatable bonds is 5. The molecule has 33 heavy (non-hydrogen) atoms. The maximum Gasteiger partial charge on any atom is 0.270 e. The van der Waals surface area contributed by atoms with E-state index in [4.69, 9.17) is 17.0 Å². The lowest BCUT2D eigenvalue weighted by molar-refractivity contribution is -0.113. The van der Waals surface area contributed by atoms with Crippen LogP contribution in [0.3, 0.4) is 0 Å². The van der Waals surface area contributed by atoms with Crippen molar-refractivity contribution in [3.63, 3.8) is 0 Å². The quantitative estimate of drug-likeness (QED) is 0.231. The van der Waals surface area contributed by atoms with Crippen LogP contribution in [0.15, 0.2) is 95.9 Å². The van der Waals surface area contributed by atoms with Crippen molar-refractivity contribution in [2.24, 2.45) is 0 Å². The van der Waals surface area contributed by atoms with Gasteiger partial charge in [-0.05, 0) is 36.1 Å². The summed E-state index contributed by atoms with van der Waals surface area (Å²) in [6.07, 6.45) is 1.87. The highest BCUT2D eigenvalue weighted by Gasteiger charge is 2.34. The maximum atomic E-state index is 13.4. The van der Waals surface area contributed by atoms with E-state index < -0.39 is 0 Å². The van der Waals surface area contributed by atoms with Crippen molar-refractivity contribution in [3.05, 3.63) is 113 Å². The minimum atomic E-state index is -0.116. The normalized spacial score (nSPS) is 14.9. The third-order valence-electron chi connectivity index (χ3n) is 5.48. The van der Waals surface area contributed by atoms with Gasteiger partial charge in [0.25, 0.3) is 5.91 Å². The Morgan fingerprint density at radius 2 is 1.70 bits per heavy atom. The Labute approximate surface area is 202 Å². The minimum Gasteiger partial charge on any atom is -0.488 e. The topological polar surface area (TPSA) is 29.5 Å². The van der Waals surface area contributed by atoms with E-state index in [1.807, 2.05) is 84.9 Å². The van der Waals surface area contributed by atoms with Gasteiger partial charge >= 0.3 is 0 Å². The Kier molecular flexibility index (Phi) is 5.99. The fourth-order valence-corrected chi connectivity index (χ4v) is 5.19. The van der Waals surface area contributed by atoms with Gasteiger partial charge in [0.05, 0.1) is 10.6 Å². The van der Waals surface area contributed by atoms with E-state index >= 15 is 0 Å². The molecule has 1 fully saturated rings. The number of nitrogens with zero attached hydrogens (tertiary/aromatic N) is 1. The van der Waals surface area contributed by atoms with Gasteiger partial charge in [-0.15, -0.1) is 0 Å². The number of hydrogen-bond donors (Lipinski definition) is 0. The molecule has 0 bridgehead atoms. The van der Waals surface area contributed by atoms with Gasteiger partial charge in [0.2, 0.25) is 0 Å². The van der Waals surface area contributed by atoms with Crippen LogP contribution >= 0.6 is 24.0 Å². The maximum absolute atomic E-state index is 13.4. The lowest BCUT2D eigenvalue weighted by atomic mass is 10.1. The van der Waals surface area contributed by atoms with E-state index in [2.05, 4.69) is 19.1 Å². The number of para-hydroxylation sites is 1. The summed E-state index contributed by atoms with van der Waals surface area (Å²) >= 11 is 6.93. The summed E-state index contributed by atoms with van der Waals surface area (Å²) in [4.78, 5) is 15.6. The van der Waals surface area contributed by atoms with Gasteiger partial charge in [0.1, 0.15) is 12.4 Å². The van der Waals surface area contributed by atoms with Gasteiger partial charge in [-0.2, -0.15) is 0 Å². The van der Waals surface area contributed by atoms with Gasteiger partial charge in [-0.1, -0.05) is 108 Å². The Morgan fingerprint density at radius 3 is 2.58 bits per heavy atom. The Balaban J connectivity index is 1.44. The van der Waals surface area contributed by atoms with Crippen molar-refractivity contribution in [2.75, 3.05) is 4.90 Å². The minimum absolute atomic E-state index is 0.116. The van der Waals surface area contributed by atoms with E-state index in [1.165, 1.54) is 17.3 Å². The van der Waals surface area contributed by atoms with Gasteiger partial charge in [0, 0.05) is 10.9 Å². The molecule has 4 aromatic carbocycles. The summed E-state index contributed by atoms with van der Waals surface area (Å²) in [5.41, 5.74) is 3.96. The Hall–Kier alpha value is -3.41. The summed E-state index contributed by atoms with van der Waals surface area (Å²) in [6, 6.07) is 29.9. The first kappa shape index (κ1) is 21.4. The zero-order valence-corrected chi connectivity index (χ0v) is 19.7. The van der Waals surface area contributed by atoms with Crippen LogP contribution < -0.4 is 9.64 Å². The molecule has 1 amide bonds. The number of thioether (sulfide) groups is 1. The van der Waals surface area contributed by atoms with Crippen LogP contribution in [0.1, 0.15) is 16.7 Å². The summed E-state index contributed by atoms with van der Waals surface area (Å²) in [6.45, 7) is 2.53. The molecule has 4 aromatic rings. The fraction of sp³-hybridized carbons (Fsp3) is 0.0714. The molecule has 0 aromatic heterocycles. The monoisotopic (exact) mass is 467 g/mol. The number of amides is 1. The highest BCUT2D eigenvalue weighted by atomic mass is 32.2. The molecule has 0 spiro atoms. The predicted octanol–water partition coefficient (Wildman–Crippen LogP) is 7.13. The van der Waals surface area contributed by atoms with Gasteiger partial charge in [0.15, 0.2) is 4.32 Å². The molecule has 0 unspecified atom stereocenters. The van der Waals surface area contributed by atoms with Crippen LogP contribution in [-0.2, 0) is 11.4 Å². The Morgan fingerprint density at radius 1 is 0.939 bits per heavy atom. The lowest BCUT2D eigenvalue weighted by Crippen LogP contribution is -2.27. The van der Waals surface area contributed by atoms with Gasteiger partial charge < -0.3 is 4.74 Å². The molecule has 0 radical (unpaired) electrons. The average molecular weight is 468 g/mol. The summed E-state index contributed by atoms with van der Waals surface area (Å²) < 4.78 is 6.64. The molecular weight excluding hydrogens is 446 g/mol. The summed E-state index contributed by atoms with van der Waals surface area (Å²) in [5, 5.41) is 2.07. The summed E-state index contributed by atoms with van der Waals surface area (Å²) in [5.74, 6) is 0.615. The predicted molar refractivity (Wildman–Crippen MR) is 142 cm³/mol. The number of hydrogen-bond acceptors (Lipinski definition) is 4. The third-order valence-corrected chi connectivity index (χ3v) is 6.79. The van der Waals surface area contributed by atoms with Crippen molar-refractivity contribution in [2.45, 2.75) is 13.5 Å². The first-order valence-corrected chi connectivity index (χ1v) is 11.9. The van der Waals surface area contributed by atoms with Crippen molar-refractivity contribution < 1.29 is 9.53 Å². The second kappa shape index (κ2) is 9.22. The van der Waals surface area contributed by atoms with E-state index in [9.17, 15) is 4.79 Å². The second-order valence-electron chi connectivity index (χ2n) is 7.83. The molecule has 0 N–H and O–H groups in total. The average Bonchev–Trinajstić information content (AvgIpc) is 3.10. The van der Waals surface area contributed by atoms with E-state index in [0.29, 0.717) is 15.8 Å². The van der Waals surface area contributed by atoms with Crippen LogP contribution in [0, 0.1) is 6.92 Å². The van der Waals surface area contributed by atoms with Crippen molar-refractivity contribution >= 4 is 56.7 Å². The van der Waals surface area contributed by atoms with Crippen LogP contribution in [-0.4, -0.2) is 10.2 Å². The lowest BCUT2D eigenvalue weighted by Gasteiger charge is -2.17. The number of ether oxygens (including phenoxy) is 1. The first-order valence-electron chi connectivity index (χ1n) is 10.6. The van der Waals surface area contributed by atoms with E-state index in [1.54, 1.807) is 4.90 Å². The van der Waals surface area contributed by atoms with Crippen molar-refractivity contribution in [3.8, 4) is 5.75 Å². The van der Waals surface area contributed by atoms with Crippen LogP contribution in [0.5, 0.6) is 5.75 Å². The number of thiocarbonyl (C=S) groups is 1.